The smallest absolute Gasteiger partial charge is 0.223 e. The molecular formula is C19H30N2O. The Labute approximate surface area is 135 Å². The number of carbonyl (C=O) groups is 1. The molecular weight excluding hydrogens is 272 g/mol. The highest BCUT2D eigenvalue weighted by Gasteiger charge is 2.24. The first-order valence-electron chi connectivity index (χ1n) is 8.73. The van der Waals surface area contributed by atoms with Crippen molar-refractivity contribution in [3.05, 3.63) is 35.9 Å². The Morgan fingerprint density at radius 3 is 2.77 bits per heavy atom. The van der Waals surface area contributed by atoms with E-state index in [1.54, 1.807) is 0 Å². The van der Waals surface area contributed by atoms with Crippen molar-refractivity contribution in [2.75, 3.05) is 19.6 Å². The van der Waals surface area contributed by atoms with Crippen molar-refractivity contribution < 1.29 is 4.79 Å². The second-order valence-electron chi connectivity index (χ2n) is 6.59. The van der Waals surface area contributed by atoms with Gasteiger partial charge in [0.05, 0.1) is 0 Å². The summed E-state index contributed by atoms with van der Waals surface area (Å²) in [7, 11) is 0. The number of carbonyl (C=O) groups excluding carboxylic acids is 1. The van der Waals surface area contributed by atoms with E-state index in [9.17, 15) is 4.79 Å². The van der Waals surface area contributed by atoms with Gasteiger partial charge in [0, 0.05) is 19.5 Å². The number of amides is 1. The van der Waals surface area contributed by atoms with Crippen LogP contribution in [0.3, 0.4) is 0 Å². The van der Waals surface area contributed by atoms with Crippen LogP contribution in [0.5, 0.6) is 0 Å². The molecule has 1 aromatic rings. The average Bonchev–Trinajstić information content (AvgIpc) is 2.56. The Bertz CT molecular complexity index is 440. The van der Waals surface area contributed by atoms with Crippen LogP contribution < -0.4 is 5.32 Å². The zero-order valence-corrected chi connectivity index (χ0v) is 14.1. The summed E-state index contributed by atoms with van der Waals surface area (Å²) in [6.07, 6.45) is 4.19. The van der Waals surface area contributed by atoms with Crippen LogP contribution in [0.25, 0.3) is 0 Å². The van der Waals surface area contributed by atoms with E-state index in [0.29, 0.717) is 24.2 Å². The van der Waals surface area contributed by atoms with E-state index in [2.05, 4.69) is 31.3 Å². The van der Waals surface area contributed by atoms with Gasteiger partial charge in [0.25, 0.3) is 0 Å². The van der Waals surface area contributed by atoms with Gasteiger partial charge in [-0.25, -0.2) is 0 Å². The van der Waals surface area contributed by atoms with Crippen LogP contribution in [-0.2, 0) is 11.3 Å². The SMILES string of the molecule is CCCN(Cc1ccccc1)C(=O)CC(C)C1CCCNC1. The van der Waals surface area contributed by atoms with Gasteiger partial charge in [-0.15, -0.1) is 0 Å². The lowest BCUT2D eigenvalue weighted by Gasteiger charge is -2.30. The third kappa shape index (κ3) is 5.13. The Hall–Kier alpha value is -1.35. The van der Waals surface area contributed by atoms with Crippen molar-refractivity contribution in [1.29, 1.82) is 0 Å². The number of benzene rings is 1. The maximum atomic E-state index is 12.7. The zero-order valence-electron chi connectivity index (χ0n) is 14.1. The molecule has 1 aromatic carbocycles. The summed E-state index contributed by atoms with van der Waals surface area (Å²) < 4.78 is 0. The molecule has 3 nitrogen and oxygen atoms in total. The van der Waals surface area contributed by atoms with Gasteiger partial charge in [-0.3, -0.25) is 4.79 Å². The summed E-state index contributed by atoms with van der Waals surface area (Å²) in [4.78, 5) is 14.7. The largest absolute Gasteiger partial charge is 0.338 e. The fourth-order valence-electron chi connectivity index (χ4n) is 3.30. The minimum atomic E-state index is 0.309. The lowest BCUT2D eigenvalue weighted by Crippen LogP contribution is -2.37. The molecule has 0 radical (unpaired) electrons. The number of nitrogens with zero attached hydrogens (tertiary/aromatic N) is 1. The van der Waals surface area contributed by atoms with Crippen LogP contribution in [0.15, 0.2) is 30.3 Å². The van der Waals surface area contributed by atoms with Gasteiger partial charge >= 0.3 is 0 Å². The maximum absolute atomic E-state index is 12.7. The van der Waals surface area contributed by atoms with Crippen molar-refractivity contribution in [2.45, 2.75) is 46.1 Å². The van der Waals surface area contributed by atoms with E-state index < -0.39 is 0 Å². The van der Waals surface area contributed by atoms with Crippen molar-refractivity contribution in [3.8, 4) is 0 Å². The molecule has 3 heteroatoms. The highest BCUT2D eigenvalue weighted by molar-refractivity contribution is 5.76. The molecule has 1 fully saturated rings. The number of hydrogen-bond acceptors (Lipinski definition) is 2. The summed E-state index contributed by atoms with van der Waals surface area (Å²) in [5, 5.41) is 3.46. The first kappa shape index (κ1) is 17.0. The van der Waals surface area contributed by atoms with Gasteiger partial charge in [0.2, 0.25) is 5.91 Å². The van der Waals surface area contributed by atoms with Crippen molar-refractivity contribution in [1.82, 2.24) is 10.2 Å². The topological polar surface area (TPSA) is 32.3 Å². The predicted molar refractivity (Wildman–Crippen MR) is 91.5 cm³/mol. The van der Waals surface area contributed by atoms with E-state index in [1.165, 1.54) is 18.4 Å². The first-order valence-corrected chi connectivity index (χ1v) is 8.73. The van der Waals surface area contributed by atoms with E-state index >= 15 is 0 Å². The summed E-state index contributed by atoms with van der Waals surface area (Å²) in [6, 6.07) is 10.3. The zero-order chi connectivity index (χ0) is 15.8. The van der Waals surface area contributed by atoms with Crippen LogP contribution >= 0.6 is 0 Å². The molecule has 1 heterocycles. The lowest BCUT2D eigenvalue weighted by atomic mass is 9.85. The molecule has 1 amide bonds. The Morgan fingerprint density at radius 2 is 2.14 bits per heavy atom. The monoisotopic (exact) mass is 302 g/mol. The molecule has 0 aliphatic carbocycles. The van der Waals surface area contributed by atoms with Crippen LogP contribution in [-0.4, -0.2) is 30.4 Å². The summed E-state index contributed by atoms with van der Waals surface area (Å²) in [5.74, 6) is 1.43. The standard InChI is InChI=1S/C19H30N2O/c1-3-12-21(15-17-8-5-4-6-9-17)19(22)13-16(2)18-10-7-11-20-14-18/h4-6,8-9,16,18,20H,3,7,10-15H2,1-2H3. The van der Waals surface area contributed by atoms with E-state index in [4.69, 9.17) is 0 Å². The van der Waals surface area contributed by atoms with Crippen LogP contribution in [0.4, 0.5) is 0 Å². The maximum Gasteiger partial charge on any atom is 0.223 e. The lowest BCUT2D eigenvalue weighted by molar-refractivity contribution is -0.133. The van der Waals surface area contributed by atoms with Gasteiger partial charge in [-0.1, -0.05) is 44.2 Å². The van der Waals surface area contributed by atoms with Crippen molar-refractivity contribution >= 4 is 5.91 Å². The molecule has 2 unspecified atom stereocenters. The first-order chi connectivity index (χ1) is 10.7. The second-order valence-corrected chi connectivity index (χ2v) is 6.59. The highest BCUT2D eigenvalue weighted by Crippen LogP contribution is 2.23. The number of piperidine rings is 1. The minimum absolute atomic E-state index is 0.309. The molecule has 0 spiro atoms. The van der Waals surface area contributed by atoms with Gasteiger partial charge in [0.1, 0.15) is 0 Å². The van der Waals surface area contributed by atoms with Crippen molar-refractivity contribution in [2.24, 2.45) is 11.8 Å². The molecule has 1 aliphatic rings. The number of rotatable bonds is 7. The molecule has 1 N–H and O–H groups in total. The molecule has 2 atom stereocenters. The average molecular weight is 302 g/mol. The Morgan fingerprint density at radius 1 is 1.36 bits per heavy atom. The second kappa shape index (κ2) is 8.94. The van der Waals surface area contributed by atoms with Crippen LogP contribution in [0.1, 0.15) is 45.1 Å². The highest BCUT2D eigenvalue weighted by atomic mass is 16.2. The van der Waals surface area contributed by atoms with Gasteiger partial charge < -0.3 is 10.2 Å². The van der Waals surface area contributed by atoms with Crippen LogP contribution in [0.2, 0.25) is 0 Å². The molecule has 122 valence electrons. The molecule has 0 aromatic heterocycles. The number of hydrogen-bond donors (Lipinski definition) is 1. The van der Waals surface area contributed by atoms with Crippen LogP contribution in [0, 0.1) is 11.8 Å². The fraction of sp³-hybridized carbons (Fsp3) is 0.632. The quantitative estimate of drug-likeness (QED) is 0.836. The predicted octanol–water partition coefficient (Wildman–Crippen LogP) is 3.45. The Kier molecular flexibility index (Phi) is 6.91. The van der Waals surface area contributed by atoms with E-state index in [-0.39, 0.29) is 0 Å². The third-order valence-electron chi connectivity index (χ3n) is 4.70. The summed E-state index contributed by atoms with van der Waals surface area (Å²) in [5.41, 5.74) is 1.22. The van der Waals surface area contributed by atoms with Crippen molar-refractivity contribution in [3.63, 3.8) is 0 Å². The molecule has 1 saturated heterocycles. The molecule has 2 rings (SSSR count). The normalized spacial score (nSPS) is 19.6. The molecule has 22 heavy (non-hydrogen) atoms. The third-order valence-corrected chi connectivity index (χ3v) is 4.70. The van der Waals surface area contributed by atoms with Gasteiger partial charge in [0.15, 0.2) is 0 Å². The number of nitrogens with one attached hydrogen (secondary N) is 1. The summed E-state index contributed by atoms with van der Waals surface area (Å²) >= 11 is 0. The summed E-state index contributed by atoms with van der Waals surface area (Å²) in [6.45, 7) is 8.17. The fourth-order valence-corrected chi connectivity index (χ4v) is 3.30. The minimum Gasteiger partial charge on any atom is -0.338 e. The molecule has 1 aliphatic heterocycles. The van der Waals surface area contributed by atoms with Gasteiger partial charge in [-0.2, -0.15) is 0 Å². The molecule has 0 bridgehead atoms. The molecule has 0 saturated carbocycles. The van der Waals surface area contributed by atoms with E-state index in [0.717, 1.165) is 32.6 Å². The Balaban J connectivity index is 1.90. The van der Waals surface area contributed by atoms with Gasteiger partial charge in [-0.05, 0) is 49.8 Å². The van der Waals surface area contributed by atoms with E-state index in [1.807, 2.05) is 23.1 Å².